The van der Waals surface area contributed by atoms with Crippen molar-refractivity contribution in [2.75, 3.05) is 6.61 Å². The van der Waals surface area contributed by atoms with Gasteiger partial charge in [0.05, 0.1) is 6.61 Å². The Labute approximate surface area is 87.8 Å². The first-order valence-electron chi connectivity index (χ1n) is 5.09. The number of halogens is 3. The molecule has 0 amide bonds. The smallest absolute Gasteiger partial charge is 0.404 e. The Morgan fingerprint density at radius 3 is 1.87 bits per heavy atom. The summed E-state index contributed by atoms with van der Waals surface area (Å²) in [6.07, 6.45) is -4.58. The largest absolute Gasteiger partial charge is 0.465 e. The Morgan fingerprint density at radius 2 is 1.60 bits per heavy atom. The van der Waals surface area contributed by atoms with Crippen molar-refractivity contribution in [2.24, 2.45) is 5.41 Å². The van der Waals surface area contributed by atoms with Crippen LogP contribution >= 0.6 is 0 Å². The van der Waals surface area contributed by atoms with E-state index in [0.29, 0.717) is 6.42 Å². The van der Waals surface area contributed by atoms with Crippen LogP contribution in [0.5, 0.6) is 0 Å². The van der Waals surface area contributed by atoms with Gasteiger partial charge < -0.3 is 4.74 Å². The molecule has 2 nitrogen and oxygen atoms in total. The van der Waals surface area contributed by atoms with E-state index in [-0.39, 0.29) is 19.4 Å². The minimum Gasteiger partial charge on any atom is -0.465 e. The molecule has 0 rings (SSSR count). The second-order valence-corrected chi connectivity index (χ2v) is 3.42. The number of alkyl halides is 3. The molecule has 15 heavy (non-hydrogen) atoms. The molecule has 0 heterocycles. The van der Waals surface area contributed by atoms with Crippen LogP contribution in [0.2, 0.25) is 0 Å². The van der Waals surface area contributed by atoms with Gasteiger partial charge in [-0.2, -0.15) is 13.2 Å². The van der Waals surface area contributed by atoms with Crippen molar-refractivity contribution < 1.29 is 22.7 Å². The van der Waals surface area contributed by atoms with Crippen LogP contribution in [0.1, 0.15) is 40.0 Å². The average molecular weight is 226 g/mol. The molecule has 0 atom stereocenters. The van der Waals surface area contributed by atoms with Gasteiger partial charge in [-0.15, -0.1) is 0 Å². The molecule has 0 bridgehead atoms. The summed E-state index contributed by atoms with van der Waals surface area (Å²) in [6, 6.07) is 0. The van der Waals surface area contributed by atoms with Crippen molar-refractivity contribution in [2.45, 2.75) is 46.2 Å². The highest BCUT2D eigenvalue weighted by Crippen LogP contribution is 2.44. The molecule has 90 valence electrons. The molecule has 0 aliphatic heterocycles. The van der Waals surface area contributed by atoms with E-state index in [0.717, 1.165) is 0 Å². The van der Waals surface area contributed by atoms with Crippen molar-refractivity contribution in [3.05, 3.63) is 0 Å². The fourth-order valence-electron chi connectivity index (χ4n) is 1.39. The van der Waals surface area contributed by atoms with E-state index in [1.165, 1.54) is 13.8 Å². The topological polar surface area (TPSA) is 26.3 Å². The van der Waals surface area contributed by atoms with Crippen LogP contribution in [0, 0.1) is 5.41 Å². The molecule has 0 N–H and O–H groups in total. The van der Waals surface area contributed by atoms with Gasteiger partial charge in [0.2, 0.25) is 0 Å². The Balaban J connectivity index is 4.86. The Kier molecular flexibility index (Phi) is 5.11. The van der Waals surface area contributed by atoms with Crippen LogP contribution < -0.4 is 0 Å². The van der Waals surface area contributed by atoms with Gasteiger partial charge in [0, 0.05) is 0 Å². The summed E-state index contributed by atoms with van der Waals surface area (Å²) in [5.41, 5.74) is -2.33. The fourth-order valence-corrected chi connectivity index (χ4v) is 1.39. The lowest BCUT2D eigenvalue weighted by atomic mass is 9.81. The number of carbonyl (C=O) groups excluding carboxylic acids is 1. The van der Waals surface area contributed by atoms with Gasteiger partial charge in [0.15, 0.2) is 5.41 Å². The van der Waals surface area contributed by atoms with E-state index in [9.17, 15) is 18.0 Å². The lowest BCUT2D eigenvalue weighted by Crippen LogP contribution is -2.45. The quantitative estimate of drug-likeness (QED) is 0.672. The maximum atomic E-state index is 12.8. The van der Waals surface area contributed by atoms with E-state index in [4.69, 9.17) is 0 Å². The first-order valence-corrected chi connectivity index (χ1v) is 5.09. The summed E-state index contributed by atoms with van der Waals surface area (Å²) in [5.74, 6) is -1.15. The lowest BCUT2D eigenvalue weighted by Gasteiger charge is -2.31. The third kappa shape index (κ3) is 2.86. The van der Waals surface area contributed by atoms with Crippen LogP contribution in [-0.2, 0) is 9.53 Å². The summed E-state index contributed by atoms with van der Waals surface area (Å²) in [4.78, 5) is 11.4. The van der Waals surface area contributed by atoms with Crippen LogP contribution in [0.25, 0.3) is 0 Å². The molecule has 0 saturated heterocycles. The standard InChI is InChI=1S/C10H17F3O2/c1-4-7-15-8(14)9(5-2,6-3)10(11,12)13/h4-7H2,1-3H3. The van der Waals surface area contributed by atoms with Gasteiger partial charge in [-0.25, -0.2) is 0 Å². The van der Waals surface area contributed by atoms with E-state index in [1.807, 2.05) is 0 Å². The van der Waals surface area contributed by atoms with Gasteiger partial charge in [0.1, 0.15) is 0 Å². The molecule has 0 fully saturated rings. The summed E-state index contributed by atoms with van der Waals surface area (Å²) in [5, 5.41) is 0. The minimum atomic E-state index is -4.54. The van der Waals surface area contributed by atoms with E-state index in [1.54, 1.807) is 6.92 Å². The first kappa shape index (κ1) is 14.3. The van der Waals surface area contributed by atoms with Crippen molar-refractivity contribution in [3.63, 3.8) is 0 Å². The van der Waals surface area contributed by atoms with E-state index in [2.05, 4.69) is 4.74 Å². The van der Waals surface area contributed by atoms with Crippen LogP contribution in [0.4, 0.5) is 13.2 Å². The van der Waals surface area contributed by atoms with Gasteiger partial charge in [-0.3, -0.25) is 4.79 Å². The SMILES string of the molecule is CCCOC(=O)C(CC)(CC)C(F)(F)F. The third-order valence-electron chi connectivity index (χ3n) is 2.58. The van der Waals surface area contributed by atoms with Gasteiger partial charge in [-0.1, -0.05) is 20.8 Å². The molecule has 0 aliphatic rings. The zero-order valence-corrected chi connectivity index (χ0v) is 9.28. The number of ether oxygens (including phenoxy) is 1. The lowest BCUT2D eigenvalue weighted by molar-refractivity contribution is -0.236. The van der Waals surface area contributed by atoms with Gasteiger partial charge in [-0.05, 0) is 19.3 Å². The molecule has 0 aromatic carbocycles. The van der Waals surface area contributed by atoms with E-state index >= 15 is 0 Å². The molecular formula is C10H17F3O2. The monoisotopic (exact) mass is 226 g/mol. The Hall–Kier alpha value is -0.740. The summed E-state index contributed by atoms with van der Waals surface area (Å²) in [7, 11) is 0. The fraction of sp³-hybridized carbons (Fsp3) is 0.900. The highest BCUT2D eigenvalue weighted by molar-refractivity contribution is 5.77. The van der Waals surface area contributed by atoms with Crippen molar-refractivity contribution in [1.29, 1.82) is 0 Å². The molecule has 0 saturated carbocycles. The molecule has 0 aromatic rings. The predicted octanol–water partition coefficient (Wildman–Crippen LogP) is 3.31. The van der Waals surface area contributed by atoms with E-state index < -0.39 is 17.6 Å². The number of hydrogen-bond acceptors (Lipinski definition) is 2. The predicted molar refractivity (Wildman–Crippen MR) is 50.3 cm³/mol. The summed E-state index contributed by atoms with van der Waals surface area (Å²) < 4.78 is 42.9. The molecule has 0 spiro atoms. The summed E-state index contributed by atoms with van der Waals surface area (Å²) in [6.45, 7) is 4.48. The number of rotatable bonds is 5. The minimum absolute atomic E-state index is 0.0384. The molecule has 0 radical (unpaired) electrons. The Morgan fingerprint density at radius 1 is 1.13 bits per heavy atom. The van der Waals surface area contributed by atoms with Gasteiger partial charge >= 0.3 is 12.1 Å². The van der Waals surface area contributed by atoms with Crippen LogP contribution in [-0.4, -0.2) is 18.8 Å². The maximum Gasteiger partial charge on any atom is 0.404 e. The zero-order valence-electron chi connectivity index (χ0n) is 9.28. The summed E-state index contributed by atoms with van der Waals surface area (Å²) >= 11 is 0. The molecule has 0 unspecified atom stereocenters. The van der Waals surface area contributed by atoms with Gasteiger partial charge in [0.25, 0.3) is 0 Å². The molecule has 0 aliphatic carbocycles. The van der Waals surface area contributed by atoms with Crippen LogP contribution in [0.15, 0.2) is 0 Å². The average Bonchev–Trinajstić information content (AvgIpc) is 2.15. The van der Waals surface area contributed by atoms with Crippen molar-refractivity contribution in [3.8, 4) is 0 Å². The molecule has 5 heteroatoms. The third-order valence-corrected chi connectivity index (χ3v) is 2.58. The highest BCUT2D eigenvalue weighted by Gasteiger charge is 2.58. The number of carbonyl (C=O) groups is 1. The number of hydrogen-bond donors (Lipinski definition) is 0. The zero-order chi connectivity index (χ0) is 12.1. The van der Waals surface area contributed by atoms with Crippen molar-refractivity contribution in [1.82, 2.24) is 0 Å². The molecular weight excluding hydrogens is 209 g/mol. The normalized spacial score (nSPS) is 12.7. The maximum absolute atomic E-state index is 12.8. The second kappa shape index (κ2) is 5.37. The van der Waals surface area contributed by atoms with Crippen LogP contribution in [0.3, 0.4) is 0 Å². The second-order valence-electron chi connectivity index (χ2n) is 3.42. The first-order chi connectivity index (χ1) is 6.85. The number of esters is 1. The highest BCUT2D eigenvalue weighted by atomic mass is 19.4. The Bertz CT molecular complexity index is 207. The van der Waals surface area contributed by atoms with Crippen molar-refractivity contribution >= 4 is 5.97 Å². The molecule has 0 aromatic heterocycles.